The second-order valence-corrected chi connectivity index (χ2v) is 6.93. The summed E-state index contributed by atoms with van der Waals surface area (Å²) in [6, 6.07) is 13.6. The molecule has 24 heavy (non-hydrogen) atoms. The van der Waals surface area contributed by atoms with Crippen LogP contribution in [0.3, 0.4) is 0 Å². The zero-order chi connectivity index (χ0) is 17.2. The maximum Gasteiger partial charge on any atom is 0.266 e. The number of hydrogen-bond donors (Lipinski definition) is 0. The fourth-order valence-electron chi connectivity index (χ4n) is 2.41. The first kappa shape index (κ1) is 16.0. The Balaban J connectivity index is 2.13. The maximum atomic E-state index is 13.0. The Bertz CT molecular complexity index is 1010. The third-order valence-electron chi connectivity index (χ3n) is 3.61. The van der Waals surface area contributed by atoms with E-state index in [-0.39, 0.29) is 11.4 Å². The molecule has 0 amide bonds. The molecule has 0 atom stereocenters. The molecule has 0 spiro atoms. The molecule has 0 bridgehead atoms. The first-order valence-corrected chi connectivity index (χ1v) is 8.80. The Morgan fingerprint density at radius 1 is 1.17 bits per heavy atom. The zero-order valence-electron chi connectivity index (χ0n) is 13.0. The molecule has 3 rings (SSSR count). The highest BCUT2D eigenvalue weighted by atomic mass is 32.2. The monoisotopic (exact) mass is 341 g/mol. The minimum Gasteiger partial charge on any atom is -0.285 e. The summed E-state index contributed by atoms with van der Waals surface area (Å²) in [5.74, 6) is 0.675. The minimum absolute atomic E-state index is 0.0867. The van der Waals surface area contributed by atoms with Gasteiger partial charge in [-0.25, -0.2) is 8.42 Å². The average Bonchev–Trinajstić information content (AvgIpc) is 3.02. The molecule has 0 radical (unpaired) electrons. The molecule has 0 fully saturated rings. The van der Waals surface area contributed by atoms with Gasteiger partial charge in [-0.3, -0.25) is 8.71 Å². The SMILES string of the molecule is CCc1nnc2ccc(S(=O)(=O)N(CC#N)c3ccccc3)cn12. The van der Waals surface area contributed by atoms with Crippen LogP contribution in [0.25, 0.3) is 5.65 Å². The lowest BCUT2D eigenvalue weighted by molar-refractivity contribution is 0.592. The van der Waals surface area contributed by atoms with Crippen molar-refractivity contribution in [3.8, 4) is 6.07 Å². The van der Waals surface area contributed by atoms with Crippen molar-refractivity contribution in [1.82, 2.24) is 14.6 Å². The van der Waals surface area contributed by atoms with Gasteiger partial charge in [0.05, 0.1) is 11.8 Å². The summed E-state index contributed by atoms with van der Waals surface area (Å²) >= 11 is 0. The number of nitriles is 1. The quantitative estimate of drug-likeness (QED) is 0.662. The first-order chi connectivity index (χ1) is 11.6. The van der Waals surface area contributed by atoms with Crippen molar-refractivity contribution in [2.45, 2.75) is 18.2 Å². The minimum atomic E-state index is -3.88. The highest BCUT2D eigenvalue weighted by molar-refractivity contribution is 7.92. The molecular weight excluding hydrogens is 326 g/mol. The van der Waals surface area contributed by atoms with Gasteiger partial charge in [0.1, 0.15) is 17.3 Å². The number of sulfonamides is 1. The standard InChI is InChI=1S/C16H15N5O2S/c1-2-15-18-19-16-9-8-14(12-20(15)16)24(22,23)21(11-10-17)13-6-4-3-5-7-13/h3-9,12H,2,11H2,1H3. The van der Waals surface area contributed by atoms with Gasteiger partial charge in [-0.15, -0.1) is 10.2 Å². The van der Waals surface area contributed by atoms with E-state index in [0.29, 0.717) is 23.6 Å². The van der Waals surface area contributed by atoms with Crippen molar-refractivity contribution in [1.29, 1.82) is 5.26 Å². The fraction of sp³-hybridized carbons (Fsp3) is 0.188. The molecule has 2 aromatic heterocycles. The van der Waals surface area contributed by atoms with Gasteiger partial charge in [-0.2, -0.15) is 5.26 Å². The fourth-order valence-corrected chi connectivity index (χ4v) is 3.77. The van der Waals surface area contributed by atoms with Crippen molar-refractivity contribution in [3.63, 3.8) is 0 Å². The van der Waals surface area contributed by atoms with Crippen LogP contribution in [0, 0.1) is 11.3 Å². The molecular formula is C16H15N5O2S. The second-order valence-electron chi connectivity index (χ2n) is 5.07. The Labute approximate surface area is 139 Å². The van der Waals surface area contributed by atoms with Gasteiger partial charge in [0.15, 0.2) is 5.65 Å². The maximum absolute atomic E-state index is 13.0. The number of benzene rings is 1. The Morgan fingerprint density at radius 3 is 2.58 bits per heavy atom. The van der Waals surface area contributed by atoms with Gasteiger partial charge >= 0.3 is 0 Å². The normalized spacial score (nSPS) is 11.3. The van der Waals surface area contributed by atoms with Crippen LogP contribution in [0.1, 0.15) is 12.7 Å². The molecule has 3 aromatic rings. The van der Waals surface area contributed by atoms with E-state index in [1.807, 2.05) is 13.0 Å². The zero-order valence-corrected chi connectivity index (χ0v) is 13.8. The number of aromatic nitrogens is 3. The van der Waals surface area contributed by atoms with E-state index in [2.05, 4.69) is 10.2 Å². The summed E-state index contributed by atoms with van der Waals surface area (Å²) in [6.45, 7) is 1.65. The molecule has 1 aromatic carbocycles. The highest BCUT2D eigenvalue weighted by Gasteiger charge is 2.25. The average molecular weight is 341 g/mol. The van der Waals surface area contributed by atoms with Gasteiger partial charge in [-0.05, 0) is 24.3 Å². The van der Waals surface area contributed by atoms with Crippen LogP contribution in [-0.4, -0.2) is 29.6 Å². The Hall–Kier alpha value is -2.92. The summed E-state index contributed by atoms with van der Waals surface area (Å²) in [5, 5.41) is 17.1. The van der Waals surface area contributed by atoms with E-state index < -0.39 is 10.0 Å². The van der Waals surface area contributed by atoms with Crippen molar-refractivity contribution in [2.75, 3.05) is 10.8 Å². The van der Waals surface area contributed by atoms with E-state index in [1.54, 1.807) is 40.8 Å². The van der Waals surface area contributed by atoms with E-state index in [1.165, 1.54) is 12.3 Å². The number of pyridine rings is 1. The number of aryl methyl sites for hydroxylation is 1. The van der Waals surface area contributed by atoms with Gasteiger partial charge in [0.2, 0.25) is 0 Å². The van der Waals surface area contributed by atoms with Gasteiger partial charge in [-0.1, -0.05) is 25.1 Å². The van der Waals surface area contributed by atoms with Crippen molar-refractivity contribution >= 4 is 21.4 Å². The van der Waals surface area contributed by atoms with Gasteiger partial charge in [0, 0.05) is 12.6 Å². The number of hydrogen-bond acceptors (Lipinski definition) is 5. The molecule has 2 heterocycles. The molecule has 0 aliphatic heterocycles. The highest BCUT2D eigenvalue weighted by Crippen LogP contribution is 2.23. The van der Waals surface area contributed by atoms with Crippen LogP contribution in [-0.2, 0) is 16.4 Å². The summed E-state index contributed by atoms with van der Waals surface area (Å²) in [5.41, 5.74) is 1.02. The second kappa shape index (κ2) is 6.29. The molecule has 122 valence electrons. The molecule has 0 saturated carbocycles. The topological polar surface area (TPSA) is 91.4 Å². The molecule has 8 heteroatoms. The lowest BCUT2D eigenvalue weighted by atomic mass is 10.3. The third-order valence-corrected chi connectivity index (χ3v) is 5.37. The van der Waals surface area contributed by atoms with E-state index in [9.17, 15) is 8.42 Å². The smallest absolute Gasteiger partial charge is 0.266 e. The Kier molecular flexibility index (Phi) is 4.18. The largest absolute Gasteiger partial charge is 0.285 e. The number of para-hydroxylation sites is 1. The number of nitrogens with zero attached hydrogens (tertiary/aromatic N) is 5. The number of fused-ring (bicyclic) bond motifs is 1. The van der Waals surface area contributed by atoms with Crippen LogP contribution in [0.4, 0.5) is 5.69 Å². The predicted molar refractivity (Wildman–Crippen MR) is 89.0 cm³/mol. The van der Waals surface area contributed by atoms with Crippen LogP contribution >= 0.6 is 0 Å². The molecule has 0 saturated heterocycles. The summed E-state index contributed by atoms with van der Waals surface area (Å²) in [7, 11) is -3.88. The van der Waals surface area contributed by atoms with Crippen molar-refractivity contribution < 1.29 is 8.42 Å². The van der Waals surface area contributed by atoms with Gasteiger partial charge in [0.25, 0.3) is 10.0 Å². The molecule has 0 aliphatic carbocycles. The lowest BCUT2D eigenvalue weighted by Crippen LogP contribution is -2.31. The predicted octanol–water partition coefficient (Wildman–Crippen LogP) is 2.01. The summed E-state index contributed by atoms with van der Waals surface area (Å²) < 4.78 is 28.8. The number of rotatable bonds is 5. The van der Waals surface area contributed by atoms with E-state index in [0.717, 1.165) is 4.31 Å². The van der Waals surface area contributed by atoms with Crippen LogP contribution in [0.5, 0.6) is 0 Å². The van der Waals surface area contributed by atoms with Crippen molar-refractivity contribution in [2.24, 2.45) is 0 Å². The van der Waals surface area contributed by atoms with E-state index in [4.69, 9.17) is 5.26 Å². The lowest BCUT2D eigenvalue weighted by Gasteiger charge is -2.21. The van der Waals surface area contributed by atoms with Crippen LogP contribution in [0.15, 0.2) is 53.6 Å². The third kappa shape index (κ3) is 2.70. The first-order valence-electron chi connectivity index (χ1n) is 7.36. The van der Waals surface area contributed by atoms with E-state index >= 15 is 0 Å². The van der Waals surface area contributed by atoms with Crippen LogP contribution in [0.2, 0.25) is 0 Å². The summed E-state index contributed by atoms with van der Waals surface area (Å²) in [6.07, 6.45) is 2.13. The van der Waals surface area contributed by atoms with Gasteiger partial charge < -0.3 is 0 Å². The Morgan fingerprint density at radius 2 is 1.92 bits per heavy atom. The van der Waals surface area contributed by atoms with Crippen LogP contribution < -0.4 is 4.31 Å². The molecule has 7 nitrogen and oxygen atoms in total. The summed E-state index contributed by atoms with van der Waals surface area (Å²) in [4.78, 5) is 0.0867. The molecule has 0 unspecified atom stereocenters. The van der Waals surface area contributed by atoms with Crippen molar-refractivity contribution in [3.05, 3.63) is 54.5 Å². The number of anilines is 1. The molecule has 0 N–H and O–H groups in total. The molecule has 0 aliphatic rings.